The van der Waals surface area contributed by atoms with Crippen molar-refractivity contribution in [3.05, 3.63) is 46.4 Å². The number of anilines is 1. The average Bonchev–Trinajstić information content (AvgIpc) is 2.67. The highest BCUT2D eigenvalue weighted by molar-refractivity contribution is 7.92. The summed E-state index contributed by atoms with van der Waals surface area (Å²) in [6, 6.07) is 8.45. The van der Waals surface area contributed by atoms with E-state index in [0.29, 0.717) is 5.75 Å². The van der Waals surface area contributed by atoms with Gasteiger partial charge in [0.2, 0.25) is 0 Å². The van der Waals surface area contributed by atoms with Crippen molar-refractivity contribution >= 4 is 44.9 Å². The second kappa shape index (κ2) is 9.56. The van der Waals surface area contributed by atoms with Gasteiger partial charge >= 0.3 is 5.97 Å². The Morgan fingerprint density at radius 3 is 2.28 bits per heavy atom. The van der Waals surface area contributed by atoms with Crippen molar-refractivity contribution in [2.45, 2.75) is 24.8 Å². The molecule has 0 aliphatic rings. The highest BCUT2D eigenvalue weighted by Gasteiger charge is 2.31. The van der Waals surface area contributed by atoms with Gasteiger partial charge in [0, 0.05) is 6.07 Å². The van der Waals surface area contributed by atoms with E-state index in [1.54, 1.807) is 19.9 Å². The Hall–Kier alpha value is -2.16. The van der Waals surface area contributed by atoms with Crippen molar-refractivity contribution < 1.29 is 27.4 Å². The van der Waals surface area contributed by atoms with Gasteiger partial charge in [0.1, 0.15) is 18.0 Å². The molecule has 0 bridgehead atoms. The standard InChI is InChI=1S/C19H21Cl2NO6S/c1-12(2)28-19(23)11-22(17-8-5-13(26-3)9-18(17)27-4)29(24,25)14-6-7-15(20)16(21)10-14/h5-10,12H,11H2,1-4H3. The van der Waals surface area contributed by atoms with E-state index in [1.807, 2.05) is 0 Å². The molecule has 0 fully saturated rings. The lowest BCUT2D eigenvalue weighted by Gasteiger charge is -2.26. The van der Waals surface area contributed by atoms with Gasteiger partial charge in [-0.1, -0.05) is 23.2 Å². The van der Waals surface area contributed by atoms with Crippen LogP contribution in [0.3, 0.4) is 0 Å². The first kappa shape index (κ1) is 23.1. The van der Waals surface area contributed by atoms with Crippen LogP contribution in [0.4, 0.5) is 5.69 Å². The molecule has 29 heavy (non-hydrogen) atoms. The van der Waals surface area contributed by atoms with E-state index < -0.39 is 28.6 Å². The number of halogens is 2. The molecule has 10 heteroatoms. The summed E-state index contributed by atoms with van der Waals surface area (Å²) in [6.07, 6.45) is -0.408. The van der Waals surface area contributed by atoms with E-state index in [1.165, 1.54) is 44.6 Å². The van der Waals surface area contributed by atoms with Crippen LogP contribution in [0.25, 0.3) is 0 Å². The second-order valence-electron chi connectivity index (χ2n) is 6.16. The Labute approximate surface area is 180 Å². The Morgan fingerprint density at radius 1 is 1.03 bits per heavy atom. The molecule has 2 aromatic carbocycles. The summed E-state index contributed by atoms with van der Waals surface area (Å²) in [5.41, 5.74) is 0.139. The van der Waals surface area contributed by atoms with Crippen LogP contribution < -0.4 is 13.8 Å². The zero-order valence-electron chi connectivity index (χ0n) is 16.3. The van der Waals surface area contributed by atoms with Gasteiger partial charge < -0.3 is 14.2 Å². The molecular formula is C19H21Cl2NO6S. The van der Waals surface area contributed by atoms with Gasteiger partial charge in [-0.05, 0) is 44.2 Å². The zero-order valence-corrected chi connectivity index (χ0v) is 18.6. The van der Waals surface area contributed by atoms with Crippen LogP contribution in [0.1, 0.15) is 13.8 Å². The van der Waals surface area contributed by atoms with E-state index in [0.717, 1.165) is 4.31 Å². The van der Waals surface area contributed by atoms with Gasteiger partial charge in [-0.15, -0.1) is 0 Å². The van der Waals surface area contributed by atoms with Gasteiger partial charge in [0.15, 0.2) is 0 Å². The Bertz CT molecular complexity index is 994. The van der Waals surface area contributed by atoms with Crippen LogP contribution in [0.2, 0.25) is 10.0 Å². The minimum absolute atomic E-state index is 0.0687. The van der Waals surface area contributed by atoms with Crippen LogP contribution in [0, 0.1) is 0 Å². The number of sulfonamides is 1. The molecule has 0 amide bonds. The second-order valence-corrected chi connectivity index (χ2v) is 8.84. The highest BCUT2D eigenvalue weighted by Crippen LogP contribution is 2.36. The van der Waals surface area contributed by atoms with Gasteiger partial charge in [0.25, 0.3) is 10.0 Å². The number of hydrogen-bond donors (Lipinski definition) is 0. The SMILES string of the molecule is COc1ccc(N(CC(=O)OC(C)C)S(=O)(=O)c2ccc(Cl)c(Cl)c2)c(OC)c1. The van der Waals surface area contributed by atoms with Crippen molar-refractivity contribution in [1.29, 1.82) is 0 Å². The highest BCUT2D eigenvalue weighted by atomic mass is 35.5. The normalized spacial score (nSPS) is 11.3. The molecule has 0 saturated heterocycles. The molecule has 0 unspecified atom stereocenters. The molecule has 158 valence electrons. The minimum atomic E-state index is -4.21. The maximum absolute atomic E-state index is 13.4. The largest absolute Gasteiger partial charge is 0.497 e. The Kier molecular flexibility index (Phi) is 7.62. The number of rotatable bonds is 8. The fourth-order valence-electron chi connectivity index (χ4n) is 2.47. The molecule has 0 aliphatic heterocycles. The van der Waals surface area contributed by atoms with E-state index in [-0.39, 0.29) is 26.4 Å². The predicted molar refractivity (Wildman–Crippen MR) is 112 cm³/mol. The fraction of sp³-hybridized carbons (Fsp3) is 0.316. The topological polar surface area (TPSA) is 82.1 Å². The fourth-order valence-corrected chi connectivity index (χ4v) is 4.28. The van der Waals surface area contributed by atoms with Crippen LogP contribution in [-0.2, 0) is 19.6 Å². The van der Waals surface area contributed by atoms with Crippen LogP contribution in [-0.4, -0.2) is 41.3 Å². The third kappa shape index (κ3) is 5.46. The molecule has 7 nitrogen and oxygen atoms in total. The molecule has 0 heterocycles. The lowest BCUT2D eigenvalue weighted by Crippen LogP contribution is -2.37. The molecule has 0 N–H and O–H groups in total. The monoisotopic (exact) mass is 461 g/mol. The van der Waals surface area contributed by atoms with Gasteiger partial charge in [-0.3, -0.25) is 9.10 Å². The van der Waals surface area contributed by atoms with E-state index in [9.17, 15) is 13.2 Å². The van der Waals surface area contributed by atoms with Crippen molar-refractivity contribution in [2.24, 2.45) is 0 Å². The maximum atomic E-state index is 13.4. The van der Waals surface area contributed by atoms with Crippen LogP contribution in [0.5, 0.6) is 11.5 Å². The van der Waals surface area contributed by atoms with E-state index >= 15 is 0 Å². The lowest BCUT2D eigenvalue weighted by atomic mass is 10.2. The first-order chi connectivity index (χ1) is 13.6. The summed E-state index contributed by atoms with van der Waals surface area (Å²) in [7, 11) is -1.35. The van der Waals surface area contributed by atoms with E-state index in [4.69, 9.17) is 37.4 Å². The summed E-state index contributed by atoms with van der Waals surface area (Å²) in [5, 5.41) is 0.276. The Morgan fingerprint density at radius 2 is 1.72 bits per heavy atom. The van der Waals surface area contributed by atoms with E-state index in [2.05, 4.69) is 0 Å². The number of benzene rings is 2. The lowest BCUT2D eigenvalue weighted by molar-refractivity contribution is -0.145. The number of carbonyl (C=O) groups excluding carboxylic acids is 1. The van der Waals surface area contributed by atoms with Crippen molar-refractivity contribution in [2.75, 3.05) is 25.1 Å². The third-order valence-corrected chi connectivity index (χ3v) is 6.27. The first-order valence-electron chi connectivity index (χ1n) is 8.49. The zero-order chi connectivity index (χ0) is 21.8. The third-order valence-electron chi connectivity index (χ3n) is 3.77. The number of ether oxygens (including phenoxy) is 3. The predicted octanol–water partition coefficient (Wildman–Crippen LogP) is 4.16. The first-order valence-corrected chi connectivity index (χ1v) is 10.7. The summed E-state index contributed by atoms with van der Waals surface area (Å²) in [6.45, 7) is 2.77. The molecule has 0 aliphatic carbocycles. The number of esters is 1. The minimum Gasteiger partial charge on any atom is -0.497 e. The summed E-state index contributed by atoms with van der Waals surface area (Å²) in [5.74, 6) is -0.0610. The average molecular weight is 462 g/mol. The quantitative estimate of drug-likeness (QED) is 0.548. The van der Waals surface area contributed by atoms with Gasteiger partial charge in [-0.2, -0.15) is 0 Å². The summed E-state index contributed by atoms with van der Waals surface area (Å²) >= 11 is 11.9. The number of methoxy groups -OCH3 is 2. The van der Waals surface area contributed by atoms with Crippen LogP contribution >= 0.6 is 23.2 Å². The molecule has 0 aromatic heterocycles. The molecule has 0 saturated carbocycles. The number of nitrogens with zero attached hydrogens (tertiary/aromatic N) is 1. The van der Waals surface area contributed by atoms with Crippen molar-refractivity contribution in [1.82, 2.24) is 0 Å². The molecule has 0 radical (unpaired) electrons. The maximum Gasteiger partial charge on any atom is 0.327 e. The summed E-state index contributed by atoms with van der Waals surface area (Å²) < 4.78 is 43.2. The van der Waals surface area contributed by atoms with Crippen molar-refractivity contribution in [3.8, 4) is 11.5 Å². The van der Waals surface area contributed by atoms with Gasteiger partial charge in [0.05, 0.1) is 41.0 Å². The molecular weight excluding hydrogens is 441 g/mol. The Balaban J connectivity index is 2.61. The summed E-state index contributed by atoms with van der Waals surface area (Å²) in [4.78, 5) is 12.2. The smallest absolute Gasteiger partial charge is 0.327 e. The molecule has 2 rings (SSSR count). The molecule has 0 atom stereocenters. The van der Waals surface area contributed by atoms with Crippen molar-refractivity contribution in [3.63, 3.8) is 0 Å². The molecule has 0 spiro atoms. The molecule has 2 aromatic rings. The number of carbonyl (C=O) groups is 1. The van der Waals surface area contributed by atoms with Crippen LogP contribution in [0.15, 0.2) is 41.3 Å². The van der Waals surface area contributed by atoms with Gasteiger partial charge in [-0.25, -0.2) is 8.42 Å². The number of hydrogen-bond acceptors (Lipinski definition) is 6.